The summed E-state index contributed by atoms with van der Waals surface area (Å²) in [6.07, 6.45) is 3.03. The van der Waals surface area contributed by atoms with E-state index in [2.05, 4.69) is 30.7 Å². The number of fused-ring (bicyclic) bond motifs is 1. The molecule has 3 atom stereocenters. The van der Waals surface area contributed by atoms with Crippen LogP contribution in [0.5, 0.6) is 0 Å². The molecular weight excluding hydrogens is 502 g/mol. The number of carbonyl (C=O) groups excluding carboxylic acids is 2. The predicted molar refractivity (Wildman–Crippen MR) is 119 cm³/mol. The van der Waals surface area contributed by atoms with Gasteiger partial charge in [0.2, 0.25) is 21.1 Å². The molecule has 0 radical (unpaired) electrons. The first-order valence-electron chi connectivity index (χ1n) is 9.16. The number of carboxylic acids is 1. The third-order valence-corrected chi connectivity index (χ3v) is 8.30. The molecule has 2 aliphatic heterocycles. The van der Waals surface area contributed by atoms with E-state index in [1.165, 1.54) is 28.4 Å². The Hall–Kier alpha value is -1.82. The molecule has 0 spiro atoms. The van der Waals surface area contributed by atoms with Crippen molar-refractivity contribution in [2.24, 2.45) is 0 Å². The zero-order chi connectivity index (χ0) is 23.5. The fourth-order valence-electron chi connectivity index (χ4n) is 3.25. The van der Waals surface area contributed by atoms with Gasteiger partial charge >= 0.3 is 5.97 Å². The Morgan fingerprint density at radius 3 is 2.78 bits per heavy atom. The molecule has 2 aliphatic rings. The highest BCUT2D eigenvalue weighted by Gasteiger charge is 2.54. The molecule has 1 saturated heterocycles. The Bertz CT molecular complexity index is 1020. The van der Waals surface area contributed by atoms with Crippen molar-refractivity contribution in [3.05, 3.63) is 11.3 Å². The van der Waals surface area contributed by atoms with Crippen LogP contribution in [0.15, 0.2) is 16.4 Å². The van der Waals surface area contributed by atoms with Gasteiger partial charge in [-0.25, -0.2) is 17.9 Å². The molecule has 0 aromatic carbocycles. The standard InChI is InChI=1S/C15H21N7O6S4/c1-29-6-9(23)17-10-12(24)22-11(14(25)26)7(5-30-13(10)22)8(3-4-16-32(2,27)28)31-15-18-20-21-19-15/h8,10,13,16H,3-6H2,1-2H3,(H,17,23)(H,25,26)(H,18,19,20,21)/t8?,10-,13+/m1/s1. The second-order valence-electron chi connectivity index (χ2n) is 6.82. The summed E-state index contributed by atoms with van der Waals surface area (Å²) in [5.74, 6) is -1.59. The molecule has 0 bridgehead atoms. The Labute approximate surface area is 196 Å². The van der Waals surface area contributed by atoms with E-state index in [1.54, 1.807) is 6.26 Å². The minimum atomic E-state index is -3.44. The Kier molecular flexibility index (Phi) is 8.07. The SMILES string of the molecule is CSCC(=O)N[C@@H]1C(=O)N2C(C(=O)O)=C(C(CCNS(C)(=O)=O)Sc3nn[nH]n3)CS[C@@H]12. The lowest BCUT2D eigenvalue weighted by Crippen LogP contribution is -2.70. The van der Waals surface area contributed by atoms with Crippen LogP contribution in [0.4, 0.5) is 0 Å². The number of aromatic nitrogens is 4. The Balaban J connectivity index is 1.85. The molecule has 1 fully saturated rings. The molecule has 4 N–H and O–H groups in total. The van der Waals surface area contributed by atoms with Gasteiger partial charge in [-0.05, 0) is 23.5 Å². The van der Waals surface area contributed by atoms with Crippen LogP contribution in [-0.2, 0) is 24.4 Å². The third kappa shape index (κ3) is 5.75. The minimum Gasteiger partial charge on any atom is -0.477 e. The zero-order valence-electron chi connectivity index (χ0n) is 17.0. The van der Waals surface area contributed by atoms with E-state index in [1.807, 2.05) is 0 Å². The number of carbonyl (C=O) groups is 3. The summed E-state index contributed by atoms with van der Waals surface area (Å²) in [5, 5.41) is 25.3. The number of rotatable bonds is 11. The molecule has 1 aromatic heterocycles. The van der Waals surface area contributed by atoms with Gasteiger partial charge in [0.15, 0.2) is 0 Å². The van der Waals surface area contributed by atoms with Crippen molar-refractivity contribution in [3.63, 3.8) is 0 Å². The number of aliphatic carboxylic acids is 1. The maximum absolute atomic E-state index is 12.7. The lowest BCUT2D eigenvalue weighted by atomic mass is 10.0. The first-order chi connectivity index (χ1) is 15.1. The van der Waals surface area contributed by atoms with Crippen molar-refractivity contribution in [1.29, 1.82) is 0 Å². The summed E-state index contributed by atoms with van der Waals surface area (Å²) in [5.41, 5.74) is 0.292. The Morgan fingerprint density at radius 2 is 2.19 bits per heavy atom. The van der Waals surface area contributed by atoms with E-state index in [9.17, 15) is 27.9 Å². The molecule has 0 saturated carbocycles. The molecule has 32 heavy (non-hydrogen) atoms. The van der Waals surface area contributed by atoms with Gasteiger partial charge in [0.1, 0.15) is 17.1 Å². The van der Waals surface area contributed by atoms with Crippen molar-refractivity contribution in [1.82, 2.24) is 35.6 Å². The number of tetrazole rings is 1. The summed E-state index contributed by atoms with van der Waals surface area (Å²) < 4.78 is 25.3. The molecule has 1 unspecified atom stereocenters. The van der Waals surface area contributed by atoms with Crippen LogP contribution in [0, 0.1) is 0 Å². The number of nitrogens with zero attached hydrogens (tertiary/aromatic N) is 4. The van der Waals surface area contributed by atoms with Gasteiger partial charge in [0, 0.05) is 17.5 Å². The summed E-state index contributed by atoms with van der Waals surface area (Å²) in [6, 6.07) is -0.786. The second kappa shape index (κ2) is 10.4. The maximum atomic E-state index is 12.7. The fraction of sp³-hybridized carbons (Fsp3) is 0.600. The molecule has 1 aromatic rings. The number of β-lactam (4-membered cyclic amide) rings is 1. The number of amides is 2. The van der Waals surface area contributed by atoms with Gasteiger partial charge in [0.05, 0.1) is 12.0 Å². The van der Waals surface area contributed by atoms with Crippen molar-refractivity contribution >= 4 is 63.1 Å². The summed E-state index contributed by atoms with van der Waals surface area (Å²) in [4.78, 5) is 38.0. The van der Waals surface area contributed by atoms with Crippen LogP contribution in [0.1, 0.15) is 6.42 Å². The van der Waals surface area contributed by atoms with Crippen LogP contribution < -0.4 is 10.0 Å². The number of nitrogens with one attached hydrogen (secondary N) is 3. The molecule has 3 heterocycles. The highest BCUT2D eigenvalue weighted by Crippen LogP contribution is 2.44. The molecular formula is C15H21N7O6S4. The quantitative estimate of drug-likeness (QED) is 0.199. The van der Waals surface area contributed by atoms with Crippen LogP contribution in [0.2, 0.25) is 0 Å². The highest BCUT2D eigenvalue weighted by atomic mass is 32.2. The number of sulfonamides is 1. The molecule has 13 nitrogen and oxygen atoms in total. The van der Waals surface area contributed by atoms with E-state index < -0.39 is 38.6 Å². The topological polar surface area (TPSA) is 187 Å². The van der Waals surface area contributed by atoms with Gasteiger partial charge in [-0.15, -0.1) is 22.0 Å². The minimum absolute atomic E-state index is 0.0557. The van der Waals surface area contributed by atoms with Gasteiger partial charge in [-0.2, -0.15) is 17.0 Å². The fourth-order valence-corrected chi connectivity index (χ4v) is 6.62. The average Bonchev–Trinajstić information content (AvgIpc) is 3.22. The molecule has 2 amide bonds. The zero-order valence-corrected chi connectivity index (χ0v) is 20.2. The van der Waals surface area contributed by atoms with Crippen LogP contribution in [-0.4, -0.2) is 104 Å². The van der Waals surface area contributed by atoms with Crippen molar-refractivity contribution in [2.75, 3.05) is 30.6 Å². The first-order valence-corrected chi connectivity index (χ1v) is 14.4. The van der Waals surface area contributed by atoms with E-state index in [4.69, 9.17) is 0 Å². The van der Waals surface area contributed by atoms with Crippen molar-refractivity contribution < 1.29 is 27.9 Å². The number of aromatic amines is 1. The van der Waals surface area contributed by atoms with Gasteiger partial charge in [-0.1, -0.05) is 11.8 Å². The van der Waals surface area contributed by atoms with Crippen LogP contribution >= 0.6 is 35.3 Å². The van der Waals surface area contributed by atoms with E-state index in [-0.39, 0.29) is 41.2 Å². The third-order valence-electron chi connectivity index (χ3n) is 4.53. The second-order valence-corrected chi connectivity index (χ2v) is 11.8. The number of thioether (sulfide) groups is 3. The van der Waals surface area contributed by atoms with Crippen LogP contribution in [0.25, 0.3) is 0 Å². The molecule has 17 heteroatoms. The Morgan fingerprint density at radius 1 is 1.44 bits per heavy atom. The van der Waals surface area contributed by atoms with E-state index in [0.29, 0.717) is 5.57 Å². The normalized spacial score (nSPS) is 21.7. The summed E-state index contributed by atoms with van der Waals surface area (Å²) in [7, 11) is -3.44. The highest BCUT2D eigenvalue weighted by molar-refractivity contribution is 8.01. The monoisotopic (exact) mass is 523 g/mol. The largest absolute Gasteiger partial charge is 0.477 e. The smallest absolute Gasteiger partial charge is 0.352 e. The maximum Gasteiger partial charge on any atom is 0.352 e. The summed E-state index contributed by atoms with van der Waals surface area (Å²) >= 11 is 3.78. The van der Waals surface area contributed by atoms with Gasteiger partial charge in [-0.3, -0.25) is 14.5 Å². The summed E-state index contributed by atoms with van der Waals surface area (Å²) in [6.45, 7) is 0.0557. The first kappa shape index (κ1) is 24.8. The van der Waals surface area contributed by atoms with Crippen molar-refractivity contribution in [3.8, 4) is 0 Å². The number of carboxylic acid groups (broad SMARTS) is 1. The van der Waals surface area contributed by atoms with E-state index >= 15 is 0 Å². The lowest BCUT2D eigenvalue weighted by molar-refractivity contribution is -0.150. The molecule has 3 rings (SSSR count). The number of hydrogen-bond acceptors (Lipinski definition) is 11. The molecule has 0 aliphatic carbocycles. The van der Waals surface area contributed by atoms with Gasteiger partial charge in [0.25, 0.3) is 5.91 Å². The number of hydrogen-bond donors (Lipinski definition) is 4. The lowest BCUT2D eigenvalue weighted by Gasteiger charge is -2.50. The van der Waals surface area contributed by atoms with Crippen LogP contribution in [0.3, 0.4) is 0 Å². The average molecular weight is 524 g/mol. The van der Waals surface area contributed by atoms with Crippen molar-refractivity contribution in [2.45, 2.75) is 28.2 Å². The predicted octanol–water partition coefficient (Wildman–Crippen LogP) is -1.30. The molecule has 176 valence electrons. The van der Waals surface area contributed by atoms with E-state index in [0.717, 1.165) is 18.0 Å². The van der Waals surface area contributed by atoms with Gasteiger partial charge < -0.3 is 10.4 Å². The number of H-pyrrole nitrogens is 1.